The number of aromatic nitrogens is 2. The highest BCUT2D eigenvalue weighted by molar-refractivity contribution is 5.96. The molecule has 0 fully saturated rings. The summed E-state index contributed by atoms with van der Waals surface area (Å²) in [6.45, 7) is 6.76. The van der Waals surface area contributed by atoms with Crippen LogP contribution in [0.3, 0.4) is 0 Å². The van der Waals surface area contributed by atoms with Crippen molar-refractivity contribution in [2.45, 2.75) is 52.7 Å². The molecule has 5 rings (SSSR count). The summed E-state index contributed by atoms with van der Waals surface area (Å²) in [6.07, 6.45) is 0.388. The summed E-state index contributed by atoms with van der Waals surface area (Å²) in [4.78, 5) is 43.1. The normalized spacial score (nSPS) is 19.9. The Kier molecular flexibility index (Phi) is 9.06. The van der Waals surface area contributed by atoms with Crippen LogP contribution >= 0.6 is 0 Å². The Morgan fingerprint density at radius 3 is 2.39 bits per heavy atom. The number of ether oxygens (including phenoxy) is 3. The molecule has 0 aliphatic heterocycles. The Labute approximate surface area is 255 Å². The number of carbonyl (C=O) groups excluding carboxylic acids is 2. The molecule has 0 saturated heterocycles. The number of aryl methyl sites for hydroxylation is 1. The van der Waals surface area contributed by atoms with Crippen LogP contribution in [0, 0.1) is 18.3 Å². The summed E-state index contributed by atoms with van der Waals surface area (Å²) in [5, 5.41) is 2.10. The van der Waals surface area contributed by atoms with E-state index in [2.05, 4.69) is 4.98 Å². The van der Waals surface area contributed by atoms with Gasteiger partial charge in [0, 0.05) is 23.2 Å². The van der Waals surface area contributed by atoms with E-state index in [-0.39, 0.29) is 30.4 Å². The number of halogens is 1. The Hall–Kier alpha value is -4.63. The topological polar surface area (TPSA) is 96.7 Å². The van der Waals surface area contributed by atoms with E-state index in [1.54, 1.807) is 57.2 Å². The molecule has 1 aliphatic carbocycles. The standard InChI is InChI=1S/C35H35FN2O6/c1-22-19-37-34(38(31(22)39)32(40)25-11-6-5-7-12-25)44-28-17-16-27(21-43-33(41)35(2,3)4)30(29(28)36)42-20-23-14-15-24-10-8-9-13-26(24)18-23/h5-19,27-30H,20-21H2,1-4H3/t27-,28-,29+,30-/m1/s1. The van der Waals surface area contributed by atoms with Gasteiger partial charge in [-0.3, -0.25) is 14.4 Å². The third-order valence-electron chi connectivity index (χ3n) is 7.44. The molecule has 1 aromatic heterocycles. The van der Waals surface area contributed by atoms with Gasteiger partial charge in [0.15, 0.2) is 12.3 Å². The van der Waals surface area contributed by atoms with E-state index in [0.717, 1.165) is 20.9 Å². The van der Waals surface area contributed by atoms with Gasteiger partial charge in [0.1, 0.15) is 12.7 Å². The fraction of sp³-hybridized carbons (Fsp3) is 0.314. The number of alkyl halides is 1. The molecule has 8 nitrogen and oxygen atoms in total. The minimum Gasteiger partial charge on any atom is -0.465 e. The number of nitrogens with zero attached hydrogens (tertiary/aromatic N) is 2. The fourth-order valence-electron chi connectivity index (χ4n) is 4.89. The number of hydrogen-bond acceptors (Lipinski definition) is 7. The number of fused-ring (bicyclic) bond motifs is 1. The third-order valence-corrected chi connectivity index (χ3v) is 7.44. The Balaban J connectivity index is 1.42. The highest BCUT2D eigenvalue weighted by atomic mass is 19.1. The second-order valence-corrected chi connectivity index (χ2v) is 11.9. The van der Waals surface area contributed by atoms with E-state index in [9.17, 15) is 14.4 Å². The molecule has 228 valence electrons. The van der Waals surface area contributed by atoms with Crippen molar-refractivity contribution in [3.05, 3.63) is 118 Å². The second kappa shape index (κ2) is 12.9. The number of esters is 1. The van der Waals surface area contributed by atoms with E-state index in [1.165, 1.54) is 19.2 Å². The predicted octanol–water partition coefficient (Wildman–Crippen LogP) is 5.84. The molecular formula is C35H35FN2O6. The zero-order valence-electron chi connectivity index (χ0n) is 25.1. The summed E-state index contributed by atoms with van der Waals surface area (Å²) in [6, 6.07) is 21.7. The lowest BCUT2D eigenvalue weighted by Crippen LogP contribution is -2.47. The molecular weight excluding hydrogens is 563 g/mol. The molecule has 1 heterocycles. The van der Waals surface area contributed by atoms with Gasteiger partial charge >= 0.3 is 12.0 Å². The average Bonchev–Trinajstić information content (AvgIpc) is 3.02. The second-order valence-electron chi connectivity index (χ2n) is 11.9. The maximum Gasteiger partial charge on any atom is 0.311 e. The van der Waals surface area contributed by atoms with E-state index < -0.39 is 47.1 Å². The number of benzene rings is 3. The zero-order valence-corrected chi connectivity index (χ0v) is 25.1. The minimum absolute atomic E-state index is 0.0951. The van der Waals surface area contributed by atoms with Gasteiger partial charge in [-0.1, -0.05) is 60.7 Å². The van der Waals surface area contributed by atoms with Gasteiger partial charge in [0.2, 0.25) is 0 Å². The molecule has 0 N–H and O–H groups in total. The van der Waals surface area contributed by atoms with Gasteiger partial charge in [-0.05, 0) is 68.3 Å². The van der Waals surface area contributed by atoms with E-state index in [1.807, 2.05) is 42.5 Å². The third kappa shape index (κ3) is 6.78. The van der Waals surface area contributed by atoms with Crippen LogP contribution in [0.2, 0.25) is 0 Å². The summed E-state index contributed by atoms with van der Waals surface area (Å²) >= 11 is 0. The molecule has 4 atom stereocenters. The van der Waals surface area contributed by atoms with Crippen molar-refractivity contribution in [2.24, 2.45) is 11.3 Å². The van der Waals surface area contributed by atoms with Crippen molar-refractivity contribution in [1.29, 1.82) is 0 Å². The molecule has 0 radical (unpaired) electrons. The molecule has 0 spiro atoms. The fourth-order valence-corrected chi connectivity index (χ4v) is 4.89. The lowest BCUT2D eigenvalue weighted by atomic mass is 9.89. The minimum atomic E-state index is -1.75. The molecule has 9 heteroatoms. The first-order valence-electron chi connectivity index (χ1n) is 14.5. The van der Waals surface area contributed by atoms with Crippen LogP contribution in [-0.4, -0.2) is 46.4 Å². The van der Waals surface area contributed by atoms with Crippen LogP contribution in [0.25, 0.3) is 10.8 Å². The SMILES string of the molecule is Cc1cnc(O[C@@H]2C=C[C@H](COC(=O)C(C)(C)C)[C@@H](OCc3ccc4ccccc4c3)[C@H]2F)n(C(=O)c2ccccc2)c1=O. The number of carbonyl (C=O) groups is 2. The van der Waals surface area contributed by atoms with Crippen molar-refractivity contribution in [2.75, 3.05) is 6.61 Å². The van der Waals surface area contributed by atoms with E-state index in [0.29, 0.717) is 0 Å². The molecule has 1 aliphatic rings. The average molecular weight is 599 g/mol. The van der Waals surface area contributed by atoms with Gasteiger partial charge in [-0.25, -0.2) is 9.37 Å². The smallest absolute Gasteiger partial charge is 0.311 e. The van der Waals surface area contributed by atoms with Crippen LogP contribution in [0.1, 0.15) is 42.3 Å². The van der Waals surface area contributed by atoms with Crippen LogP contribution in [-0.2, 0) is 20.9 Å². The van der Waals surface area contributed by atoms with E-state index in [4.69, 9.17) is 14.2 Å². The molecule has 0 unspecified atom stereocenters. The molecule has 0 amide bonds. The maximum absolute atomic E-state index is 16.4. The van der Waals surface area contributed by atoms with Crippen molar-refractivity contribution >= 4 is 22.6 Å². The van der Waals surface area contributed by atoms with Crippen molar-refractivity contribution in [1.82, 2.24) is 9.55 Å². The Morgan fingerprint density at radius 1 is 0.955 bits per heavy atom. The molecule has 0 saturated carbocycles. The number of hydrogen-bond donors (Lipinski definition) is 0. The lowest BCUT2D eigenvalue weighted by Gasteiger charge is -2.35. The van der Waals surface area contributed by atoms with Gasteiger partial charge in [0.25, 0.3) is 11.5 Å². The summed E-state index contributed by atoms with van der Waals surface area (Å²) in [5.41, 5.74) is -0.0202. The zero-order chi connectivity index (χ0) is 31.4. The quantitative estimate of drug-likeness (QED) is 0.186. The monoisotopic (exact) mass is 598 g/mol. The first-order chi connectivity index (χ1) is 21.0. The van der Waals surface area contributed by atoms with E-state index >= 15 is 4.39 Å². The molecule has 0 bridgehead atoms. The van der Waals surface area contributed by atoms with Crippen molar-refractivity contribution < 1.29 is 28.2 Å². The maximum atomic E-state index is 16.4. The van der Waals surface area contributed by atoms with Gasteiger partial charge < -0.3 is 14.2 Å². The summed E-state index contributed by atoms with van der Waals surface area (Å²) in [5.74, 6) is -1.68. The summed E-state index contributed by atoms with van der Waals surface area (Å²) in [7, 11) is 0. The first kappa shape index (κ1) is 30.8. The van der Waals surface area contributed by atoms with Gasteiger partial charge in [-0.15, -0.1) is 0 Å². The summed E-state index contributed by atoms with van der Waals surface area (Å²) < 4.78 is 34.8. The lowest BCUT2D eigenvalue weighted by molar-refractivity contribution is -0.157. The van der Waals surface area contributed by atoms with Crippen LogP contribution in [0.15, 0.2) is 95.9 Å². The van der Waals surface area contributed by atoms with Gasteiger partial charge in [-0.2, -0.15) is 4.57 Å². The van der Waals surface area contributed by atoms with Crippen molar-refractivity contribution in [3.8, 4) is 6.01 Å². The Bertz CT molecular complexity index is 1740. The highest BCUT2D eigenvalue weighted by Crippen LogP contribution is 2.30. The first-order valence-corrected chi connectivity index (χ1v) is 14.5. The molecule has 4 aromatic rings. The van der Waals surface area contributed by atoms with Gasteiger partial charge in [0.05, 0.1) is 12.0 Å². The van der Waals surface area contributed by atoms with Crippen LogP contribution < -0.4 is 10.3 Å². The predicted molar refractivity (Wildman–Crippen MR) is 164 cm³/mol. The van der Waals surface area contributed by atoms with Crippen LogP contribution in [0.4, 0.5) is 4.39 Å². The Morgan fingerprint density at radius 2 is 1.66 bits per heavy atom. The molecule has 44 heavy (non-hydrogen) atoms. The highest BCUT2D eigenvalue weighted by Gasteiger charge is 2.41. The van der Waals surface area contributed by atoms with Crippen molar-refractivity contribution in [3.63, 3.8) is 0 Å². The number of rotatable bonds is 8. The van der Waals surface area contributed by atoms with Crippen LogP contribution in [0.5, 0.6) is 6.01 Å². The molecule has 3 aromatic carbocycles. The largest absolute Gasteiger partial charge is 0.465 e.